The molecule has 0 amide bonds. The fraction of sp³-hybridized carbons (Fsp3) is 0.688. The lowest BCUT2D eigenvalue weighted by atomic mass is 9.95. The molecule has 21 heavy (non-hydrogen) atoms. The van der Waals surface area contributed by atoms with Crippen molar-refractivity contribution in [2.45, 2.75) is 59.4 Å². The molecule has 116 valence electrons. The highest BCUT2D eigenvalue weighted by molar-refractivity contribution is 5.59. The average molecular weight is 289 g/mol. The largest absolute Gasteiger partial charge is 0.373 e. The fourth-order valence-corrected chi connectivity index (χ4v) is 2.14. The first-order chi connectivity index (χ1) is 9.72. The highest BCUT2D eigenvalue weighted by Gasteiger charge is 2.24. The van der Waals surface area contributed by atoms with Crippen LogP contribution in [0.5, 0.6) is 0 Å². The van der Waals surface area contributed by atoms with Gasteiger partial charge in [-0.25, -0.2) is 9.97 Å². The van der Waals surface area contributed by atoms with Gasteiger partial charge in [0.25, 0.3) is 0 Å². The Morgan fingerprint density at radius 1 is 1.29 bits per heavy atom. The maximum absolute atomic E-state index is 8.88. The molecule has 0 spiro atoms. The molecule has 0 atom stereocenters. The van der Waals surface area contributed by atoms with E-state index in [0.717, 1.165) is 23.0 Å². The van der Waals surface area contributed by atoms with Crippen molar-refractivity contribution in [2.24, 2.45) is 0 Å². The summed E-state index contributed by atoms with van der Waals surface area (Å²) in [6.45, 7) is 13.3. The summed E-state index contributed by atoms with van der Waals surface area (Å²) < 4.78 is 0. The summed E-state index contributed by atoms with van der Waals surface area (Å²) in [5.41, 5.74) is 0.906. The number of nitrogens with zero attached hydrogens (tertiary/aromatic N) is 4. The van der Waals surface area contributed by atoms with Crippen molar-refractivity contribution >= 4 is 11.6 Å². The Balaban J connectivity index is 3.41. The highest BCUT2D eigenvalue weighted by atomic mass is 15.2. The topological polar surface area (TPSA) is 64.8 Å². The summed E-state index contributed by atoms with van der Waals surface area (Å²) >= 11 is 0. The molecule has 0 unspecified atom stereocenters. The van der Waals surface area contributed by atoms with E-state index < -0.39 is 0 Å². The summed E-state index contributed by atoms with van der Waals surface area (Å²) in [6.07, 6.45) is 0.487. The van der Waals surface area contributed by atoms with Gasteiger partial charge in [0.15, 0.2) is 0 Å². The van der Waals surface area contributed by atoms with Crippen molar-refractivity contribution in [3.8, 4) is 6.07 Å². The standard InChI is InChI=1S/C16H27N5/c1-11(2)21(10-8-9-17)14-12(3)13(18-7)19-15(20-14)16(4,5)6/h11H,8,10H2,1-7H3,(H,18,19,20). The van der Waals surface area contributed by atoms with Crippen molar-refractivity contribution in [3.63, 3.8) is 0 Å². The van der Waals surface area contributed by atoms with Crippen LogP contribution >= 0.6 is 0 Å². The number of rotatable bonds is 5. The molecule has 0 saturated carbocycles. The first-order valence-electron chi connectivity index (χ1n) is 7.42. The maximum atomic E-state index is 8.88. The first-order valence-corrected chi connectivity index (χ1v) is 7.42. The first kappa shape index (κ1) is 17.2. The number of nitrogens with one attached hydrogen (secondary N) is 1. The molecular formula is C16H27N5. The molecule has 0 aliphatic heterocycles. The molecule has 5 nitrogen and oxygen atoms in total. The number of hydrogen-bond donors (Lipinski definition) is 1. The van der Waals surface area contributed by atoms with Gasteiger partial charge in [-0.2, -0.15) is 5.26 Å². The quantitative estimate of drug-likeness (QED) is 0.901. The second-order valence-electron chi connectivity index (χ2n) is 6.54. The average Bonchev–Trinajstić information content (AvgIpc) is 2.39. The third-order valence-electron chi connectivity index (χ3n) is 3.39. The second kappa shape index (κ2) is 6.75. The van der Waals surface area contributed by atoms with Crippen LogP contribution in [0.15, 0.2) is 0 Å². The fourth-order valence-electron chi connectivity index (χ4n) is 2.14. The van der Waals surface area contributed by atoms with Crippen molar-refractivity contribution in [2.75, 3.05) is 23.8 Å². The molecule has 0 aromatic carbocycles. The van der Waals surface area contributed by atoms with Gasteiger partial charge >= 0.3 is 0 Å². The van der Waals surface area contributed by atoms with Crippen LogP contribution in [0.4, 0.5) is 11.6 Å². The van der Waals surface area contributed by atoms with Crippen molar-refractivity contribution in [1.82, 2.24) is 9.97 Å². The molecular weight excluding hydrogens is 262 g/mol. The van der Waals surface area contributed by atoms with Gasteiger partial charge in [0, 0.05) is 30.6 Å². The van der Waals surface area contributed by atoms with Crippen molar-refractivity contribution < 1.29 is 0 Å². The number of hydrogen-bond acceptors (Lipinski definition) is 5. The molecule has 1 N–H and O–H groups in total. The molecule has 1 aromatic rings. The lowest BCUT2D eigenvalue weighted by molar-refractivity contribution is 0.541. The molecule has 1 heterocycles. The Morgan fingerprint density at radius 2 is 1.90 bits per heavy atom. The zero-order valence-electron chi connectivity index (χ0n) is 14.3. The van der Waals surface area contributed by atoms with Gasteiger partial charge in [0.2, 0.25) is 0 Å². The Morgan fingerprint density at radius 3 is 2.33 bits per heavy atom. The van der Waals surface area contributed by atoms with E-state index >= 15 is 0 Å². The van der Waals surface area contributed by atoms with Crippen molar-refractivity contribution in [3.05, 3.63) is 11.4 Å². The third-order valence-corrected chi connectivity index (χ3v) is 3.39. The molecule has 1 rings (SSSR count). The summed E-state index contributed by atoms with van der Waals surface area (Å²) in [5, 5.41) is 12.0. The van der Waals surface area contributed by atoms with Gasteiger partial charge in [0.1, 0.15) is 17.5 Å². The minimum absolute atomic E-state index is 0.119. The normalized spacial score (nSPS) is 11.4. The van der Waals surface area contributed by atoms with E-state index in [1.165, 1.54) is 0 Å². The molecule has 0 aliphatic rings. The van der Waals surface area contributed by atoms with Crippen LogP contribution < -0.4 is 10.2 Å². The van der Waals surface area contributed by atoms with E-state index in [-0.39, 0.29) is 11.5 Å². The van der Waals surface area contributed by atoms with E-state index in [1.54, 1.807) is 0 Å². The molecule has 0 aliphatic carbocycles. The Bertz CT molecular complexity index is 523. The van der Waals surface area contributed by atoms with Gasteiger partial charge in [-0.05, 0) is 20.8 Å². The third kappa shape index (κ3) is 4.07. The SMILES string of the molecule is CNc1nc(C(C)(C)C)nc(N(CCC#N)C(C)C)c1C. The summed E-state index contributed by atoms with van der Waals surface area (Å²) in [6, 6.07) is 2.50. The molecule has 0 bridgehead atoms. The van der Waals surface area contributed by atoms with E-state index in [4.69, 9.17) is 10.2 Å². The zero-order chi connectivity index (χ0) is 16.2. The minimum atomic E-state index is -0.119. The van der Waals surface area contributed by atoms with Crippen LogP contribution in [-0.4, -0.2) is 29.6 Å². The van der Waals surface area contributed by atoms with Crippen LogP contribution in [0.25, 0.3) is 0 Å². The Labute approximate surface area is 128 Å². The molecule has 5 heteroatoms. The van der Waals surface area contributed by atoms with E-state index in [9.17, 15) is 0 Å². The van der Waals surface area contributed by atoms with Crippen LogP contribution in [0.3, 0.4) is 0 Å². The Hall–Kier alpha value is -1.83. The Kier molecular flexibility index (Phi) is 5.54. The van der Waals surface area contributed by atoms with E-state index in [2.05, 4.69) is 55.9 Å². The van der Waals surface area contributed by atoms with Crippen LogP contribution in [0.2, 0.25) is 0 Å². The van der Waals surface area contributed by atoms with E-state index in [0.29, 0.717) is 13.0 Å². The van der Waals surface area contributed by atoms with E-state index in [1.807, 2.05) is 14.0 Å². The minimum Gasteiger partial charge on any atom is -0.373 e. The zero-order valence-corrected chi connectivity index (χ0v) is 14.3. The van der Waals surface area contributed by atoms with Crippen LogP contribution in [0, 0.1) is 18.3 Å². The number of anilines is 2. The number of nitriles is 1. The van der Waals surface area contributed by atoms with Gasteiger partial charge < -0.3 is 10.2 Å². The van der Waals surface area contributed by atoms with Gasteiger partial charge in [-0.15, -0.1) is 0 Å². The lowest BCUT2D eigenvalue weighted by Crippen LogP contribution is -2.34. The van der Waals surface area contributed by atoms with Gasteiger partial charge in [-0.3, -0.25) is 0 Å². The predicted molar refractivity (Wildman–Crippen MR) is 87.7 cm³/mol. The molecule has 0 saturated heterocycles. The molecule has 0 radical (unpaired) electrons. The molecule has 0 fully saturated rings. The smallest absolute Gasteiger partial charge is 0.138 e. The summed E-state index contributed by atoms with van der Waals surface area (Å²) in [4.78, 5) is 11.6. The van der Waals surface area contributed by atoms with Crippen LogP contribution in [-0.2, 0) is 5.41 Å². The van der Waals surface area contributed by atoms with Gasteiger partial charge in [0.05, 0.1) is 12.5 Å². The lowest BCUT2D eigenvalue weighted by Gasteiger charge is -2.30. The summed E-state index contributed by atoms with van der Waals surface area (Å²) in [7, 11) is 1.88. The second-order valence-corrected chi connectivity index (χ2v) is 6.54. The maximum Gasteiger partial charge on any atom is 0.138 e. The van der Waals surface area contributed by atoms with Crippen LogP contribution in [0.1, 0.15) is 52.4 Å². The monoisotopic (exact) mass is 289 g/mol. The van der Waals surface area contributed by atoms with Crippen molar-refractivity contribution in [1.29, 1.82) is 5.26 Å². The highest BCUT2D eigenvalue weighted by Crippen LogP contribution is 2.29. The summed E-state index contributed by atoms with van der Waals surface area (Å²) in [5.74, 6) is 2.59. The van der Waals surface area contributed by atoms with Gasteiger partial charge in [-0.1, -0.05) is 20.8 Å². The number of aromatic nitrogens is 2. The molecule has 1 aromatic heterocycles. The predicted octanol–water partition coefficient (Wildman–Crippen LogP) is 3.25.